The van der Waals surface area contributed by atoms with Crippen molar-refractivity contribution in [2.75, 3.05) is 0 Å². The second-order valence-electron chi connectivity index (χ2n) is 14.4. The van der Waals surface area contributed by atoms with Crippen molar-refractivity contribution >= 4 is 84.8 Å². The van der Waals surface area contributed by atoms with Crippen LogP contribution in [0.5, 0.6) is 0 Å². The van der Waals surface area contributed by atoms with Crippen LogP contribution in [-0.4, -0.2) is 19.5 Å². The first kappa shape index (κ1) is 32.3. The van der Waals surface area contributed by atoms with Crippen molar-refractivity contribution in [3.8, 4) is 51.0 Å². The third kappa shape index (κ3) is 5.22. The molecule has 0 bridgehead atoms. The van der Waals surface area contributed by atoms with Crippen molar-refractivity contribution in [3.05, 3.63) is 182 Å². The van der Waals surface area contributed by atoms with E-state index in [0.29, 0.717) is 17.5 Å². The fourth-order valence-corrected chi connectivity index (χ4v) is 10.7. The number of aromatic nitrogens is 4. The van der Waals surface area contributed by atoms with Gasteiger partial charge in [-0.05, 0) is 65.7 Å². The van der Waals surface area contributed by atoms with E-state index < -0.39 is 0 Å². The van der Waals surface area contributed by atoms with E-state index in [0.717, 1.165) is 22.4 Å². The maximum atomic E-state index is 5.08. The molecular weight excluding hydrogens is 733 g/mol. The Morgan fingerprint density at radius 3 is 1.70 bits per heavy atom. The van der Waals surface area contributed by atoms with Gasteiger partial charge in [0.25, 0.3) is 0 Å². The fourth-order valence-electron chi connectivity index (χ4n) is 8.35. The van der Waals surface area contributed by atoms with Gasteiger partial charge in [0.15, 0.2) is 17.5 Å². The van der Waals surface area contributed by atoms with Gasteiger partial charge in [-0.3, -0.25) is 0 Å². The van der Waals surface area contributed by atoms with Crippen LogP contribution in [0.3, 0.4) is 0 Å². The molecule has 0 spiro atoms. The predicted octanol–water partition coefficient (Wildman–Crippen LogP) is 14.4. The van der Waals surface area contributed by atoms with E-state index in [1.807, 2.05) is 47.7 Å². The van der Waals surface area contributed by atoms with Gasteiger partial charge in [-0.25, -0.2) is 15.0 Å². The summed E-state index contributed by atoms with van der Waals surface area (Å²) in [4.78, 5) is 15.1. The molecule has 0 aliphatic rings. The lowest BCUT2D eigenvalue weighted by Gasteiger charge is -2.09. The smallest absolute Gasteiger partial charge is 0.165 e. The lowest BCUT2D eigenvalue weighted by molar-refractivity contribution is 1.08. The minimum Gasteiger partial charge on any atom is -0.309 e. The number of nitrogens with zero attached hydrogens (tertiary/aromatic N) is 4. The number of thiophene rings is 2. The van der Waals surface area contributed by atoms with Crippen molar-refractivity contribution in [1.29, 1.82) is 0 Å². The summed E-state index contributed by atoms with van der Waals surface area (Å²) >= 11 is 3.68. The summed E-state index contributed by atoms with van der Waals surface area (Å²) < 4.78 is 7.45. The molecule has 0 amide bonds. The number of hydrogen-bond acceptors (Lipinski definition) is 5. The molecule has 0 unspecified atom stereocenters. The molecule has 0 saturated carbocycles. The van der Waals surface area contributed by atoms with E-state index >= 15 is 0 Å². The largest absolute Gasteiger partial charge is 0.309 e. The zero-order chi connectivity index (χ0) is 37.5. The van der Waals surface area contributed by atoms with Crippen molar-refractivity contribution in [2.45, 2.75) is 0 Å². The highest BCUT2D eigenvalue weighted by molar-refractivity contribution is 7.26. The van der Waals surface area contributed by atoms with Gasteiger partial charge in [0.1, 0.15) is 0 Å². The molecule has 0 aliphatic heterocycles. The van der Waals surface area contributed by atoms with Gasteiger partial charge in [-0.2, -0.15) is 0 Å². The van der Waals surface area contributed by atoms with Gasteiger partial charge in [-0.15, -0.1) is 22.7 Å². The van der Waals surface area contributed by atoms with Crippen LogP contribution in [0.4, 0.5) is 0 Å². The molecular formula is C51H30N4S2. The SMILES string of the molecule is c1ccc(-c2nc(-c3ccccc3)nc(-c3cccc4c3sc3cc(-c5ccc6c(c5)c5cc7sc8ccccc8c7cc5n6-c5ccccc5)ccc34)n2)cc1. The Morgan fingerprint density at radius 1 is 0.333 bits per heavy atom. The van der Waals surface area contributed by atoms with Gasteiger partial charge in [0.05, 0.1) is 11.0 Å². The Labute approximate surface area is 335 Å². The first-order valence-electron chi connectivity index (χ1n) is 19.0. The highest BCUT2D eigenvalue weighted by atomic mass is 32.1. The number of hydrogen-bond donors (Lipinski definition) is 0. The highest BCUT2D eigenvalue weighted by Crippen LogP contribution is 2.44. The standard InChI is InChI=1S/C51H30N4S2/c1-4-13-31(14-5-1)49-52-50(32-15-6-2-7-16-32)54-51(53-49)39-21-12-20-38-37-25-23-34(28-46(37)57-48(38)39)33-24-26-43-40(27-33)41-30-47-42(36-19-10-11-22-45(36)56-47)29-44(41)55(43)35-17-8-3-9-18-35/h1-30H. The first-order valence-corrected chi connectivity index (χ1v) is 20.6. The van der Waals surface area contributed by atoms with Crippen molar-refractivity contribution in [3.63, 3.8) is 0 Å². The van der Waals surface area contributed by atoms with Crippen molar-refractivity contribution in [2.24, 2.45) is 0 Å². The van der Waals surface area contributed by atoms with Crippen molar-refractivity contribution < 1.29 is 0 Å². The Kier molecular flexibility index (Phi) is 7.24. The minimum atomic E-state index is 0.664. The van der Waals surface area contributed by atoms with E-state index in [4.69, 9.17) is 15.0 Å². The average Bonchev–Trinajstić information content (AvgIpc) is 3.95. The molecule has 0 N–H and O–H groups in total. The number of benzene rings is 8. The lowest BCUT2D eigenvalue weighted by Crippen LogP contribution is -2.00. The van der Waals surface area contributed by atoms with E-state index in [1.165, 1.54) is 73.3 Å². The van der Waals surface area contributed by atoms with E-state index in [2.05, 4.69) is 150 Å². The highest BCUT2D eigenvalue weighted by Gasteiger charge is 2.19. The van der Waals surface area contributed by atoms with E-state index in [9.17, 15) is 0 Å². The molecule has 0 radical (unpaired) electrons. The molecule has 0 fully saturated rings. The zero-order valence-electron chi connectivity index (χ0n) is 30.4. The summed E-state index contributed by atoms with van der Waals surface area (Å²) in [5, 5.41) is 7.58. The summed E-state index contributed by atoms with van der Waals surface area (Å²) in [5.74, 6) is 2.00. The summed E-state index contributed by atoms with van der Waals surface area (Å²) in [6.07, 6.45) is 0. The molecule has 6 heteroatoms. The third-order valence-corrected chi connectivity index (χ3v) is 13.4. The summed E-state index contributed by atoms with van der Waals surface area (Å²) in [6, 6.07) is 65.0. The van der Waals surface area contributed by atoms with Crippen LogP contribution in [0.25, 0.3) is 113 Å². The van der Waals surface area contributed by atoms with Gasteiger partial charge in [-0.1, -0.05) is 127 Å². The first-order chi connectivity index (χ1) is 28.2. The summed E-state index contributed by atoms with van der Waals surface area (Å²) in [7, 11) is 0. The second kappa shape index (κ2) is 12.8. The fraction of sp³-hybridized carbons (Fsp3) is 0. The molecule has 12 rings (SSSR count). The summed E-state index contributed by atoms with van der Waals surface area (Å²) in [6.45, 7) is 0. The third-order valence-electron chi connectivity index (χ3n) is 11.1. The molecule has 0 aliphatic carbocycles. The molecule has 8 aromatic carbocycles. The maximum absolute atomic E-state index is 5.08. The normalized spacial score (nSPS) is 11.9. The van der Waals surface area contributed by atoms with Crippen molar-refractivity contribution in [1.82, 2.24) is 19.5 Å². The Balaban J connectivity index is 1.02. The van der Waals surface area contributed by atoms with Gasteiger partial charge >= 0.3 is 0 Å². The van der Waals surface area contributed by atoms with Crippen LogP contribution >= 0.6 is 22.7 Å². The molecule has 4 heterocycles. The molecule has 266 valence electrons. The number of fused-ring (bicyclic) bond motifs is 9. The zero-order valence-corrected chi connectivity index (χ0v) is 32.1. The minimum absolute atomic E-state index is 0.664. The second-order valence-corrected chi connectivity index (χ2v) is 16.5. The van der Waals surface area contributed by atoms with Crippen LogP contribution in [0, 0.1) is 0 Å². The monoisotopic (exact) mass is 762 g/mol. The Bertz CT molecular complexity index is 3450. The molecule has 4 aromatic heterocycles. The molecule has 57 heavy (non-hydrogen) atoms. The average molecular weight is 763 g/mol. The van der Waals surface area contributed by atoms with E-state index in [1.54, 1.807) is 11.3 Å². The topological polar surface area (TPSA) is 43.6 Å². The van der Waals surface area contributed by atoms with Gasteiger partial charge in [0, 0.05) is 73.5 Å². The maximum Gasteiger partial charge on any atom is 0.165 e. The van der Waals surface area contributed by atoms with Gasteiger partial charge < -0.3 is 4.57 Å². The Morgan fingerprint density at radius 2 is 0.930 bits per heavy atom. The van der Waals surface area contributed by atoms with Crippen LogP contribution < -0.4 is 0 Å². The molecule has 0 saturated heterocycles. The number of para-hydroxylation sites is 1. The molecule has 0 atom stereocenters. The van der Waals surface area contributed by atoms with Crippen LogP contribution in [0.15, 0.2) is 182 Å². The van der Waals surface area contributed by atoms with Gasteiger partial charge in [0.2, 0.25) is 0 Å². The van der Waals surface area contributed by atoms with E-state index in [-0.39, 0.29) is 0 Å². The molecule has 12 aromatic rings. The quantitative estimate of drug-likeness (QED) is 0.175. The Hall–Kier alpha value is -6.99. The van der Waals surface area contributed by atoms with Crippen LogP contribution in [0.2, 0.25) is 0 Å². The van der Waals surface area contributed by atoms with Crippen LogP contribution in [0.1, 0.15) is 0 Å². The predicted molar refractivity (Wildman–Crippen MR) is 242 cm³/mol. The lowest BCUT2D eigenvalue weighted by atomic mass is 10.0. The summed E-state index contributed by atoms with van der Waals surface area (Å²) in [5.41, 5.74) is 8.91. The van der Waals surface area contributed by atoms with Crippen LogP contribution in [-0.2, 0) is 0 Å². The molecule has 4 nitrogen and oxygen atoms in total. The number of rotatable bonds is 5.